The molecule has 2 aliphatic rings. The van der Waals surface area contributed by atoms with E-state index in [0.29, 0.717) is 18.4 Å². The van der Waals surface area contributed by atoms with Crippen molar-refractivity contribution in [3.8, 4) is 0 Å². The summed E-state index contributed by atoms with van der Waals surface area (Å²) in [7, 11) is 0. The van der Waals surface area contributed by atoms with E-state index in [-0.39, 0.29) is 23.4 Å². The first kappa shape index (κ1) is 20.1. The highest BCUT2D eigenvalue weighted by atomic mass is 19.1. The SMILES string of the molecule is CC(=O)N1c2ccccc2NC2=C(C(=O)C[C@H](c3ccc(F)cc3)C2)[C@@H]1c1cccnc1. The third-order valence-electron chi connectivity index (χ3n) is 6.17. The Morgan fingerprint density at radius 1 is 1.03 bits per heavy atom. The van der Waals surface area contributed by atoms with E-state index in [1.807, 2.05) is 36.4 Å². The van der Waals surface area contributed by atoms with Crippen molar-refractivity contribution >= 4 is 23.1 Å². The van der Waals surface area contributed by atoms with Crippen LogP contribution in [-0.2, 0) is 9.59 Å². The number of rotatable bonds is 2. The molecule has 0 saturated heterocycles. The Morgan fingerprint density at radius 2 is 1.81 bits per heavy atom. The number of halogens is 1. The van der Waals surface area contributed by atoms with E-state index in [4.69, 9.17) is 0 Å². The number of aromatic nitrogens is 1. The summed E-state index contributed by atoms with van der Waals surface area (Å²) in [5.41, 5.74) is 4.57. The van der Waals surface area contributed by atoms with Crippen LogP contribution in [0.1, 0.15) is 42.9 Å². The van der Waals surface area contributed by atoms with E-state index >= 15 is 0 Å². The van der Waals surface area contributed by atoms with Gasteiger partial charge in [0.15, 0.2) is 5.78 Å². The minimum atomic E-state index is -0.575. The van der Waals surface area contributed by atoms with Gasteiger partial charge in [-0.2, -0.15) is 0 Å². The summed E-state index contributed by atoms with van der Waals surface area (Å²) in [6.07, 6.45) is 4.26. The van der Waals surface area contributed by atoms with Crippen molar-refractivity contribution in [1.82, 2.24) is 4.98 Å². The molecule has 2 aromatic carbocycles. The highest BCUT2D eigenvalue weighted by molar-refractivity contribution is 6.05. The van der Waals surface area contributed by atoms with Gasteiger partial charge >= 0.3 is 0 Å². The number of benzene rings is 2. The van der Waals surface area contributed by atoms with Gasteiger partial charge in [0.2, 0.25) is 5.91 Å². The Balaban J connectivity index is 1.68. The zero-order chi connectivity index (χ0) is 22.2. The van der Waals surface area contributed by atoms with Gasteiger partial charge in [0.25, 0.3) is 0 Å². The molecule has 3 aromatic rings. The zero-order valence-corrected chi connectivity index (χ0v) is 17.6. The largest absolute Gasteiger partial charge is 0.357 e. The van der Waals surface area contributed by atoms with Crippen LogP contribution in [0.4, 0.5) is 15.8 Å². The molecule has 1 aromatic heterocycles. The lowest BCUT2D eigenvalue weighted by molar-refractivity contribution is -0.117. The van der Waals surface area contributed by atoms with Gasteiger partial charge < -0.3 is 5.32 Å². The molecule has 32 heavy (non-hydrogen) atoms. The smallest absolute Gasteiger partial charge is 0.224 e. The van der Waals surface area contributed by atoms with Gasteiger partial charge in [-0.3, -0.25) is 19.5 Å². The lowest BCUT2D eigenvalue weighted by Gasteiger charge is -2.34. The molecule has 0 bridgehead atoms. The Kier molecular flexibility index (Phi) is 5.05. The highest BCUT2D eigenvalue weighted by Crippen LogP contribution is 2.47. The number of nitrogens with one attached hydrogen (secondary N) is 1. The summed E-state index contributed by atoms with van der Waals surface area (Å²) in [5.74, 6) is -0.553. The van der Waals surface area contributed by atoms with Crippen LogP contribution < -0.4 is 10.2 Å². The summed E-state index contributed by atoms with van der Waals surface area (Å²) in [5, 5.41) is 3.46. The molecule has 6 heteroatoms. The molecule has 2 atom stereocenters. The van der Waals surface area contributed by atoms with E-state index in [9.17, 15) is 14.0 Å². The summed E-state index contributed by atoms with van der Waals surface area (Å²) >= 11 is 0. The third-order valence-corrected chi connectivity index (χ3v) is 6.17. The van der Waals surface area contributed by atoms with Gasteiger partial charge in [-0.15, -0.1) is 0 Å². The molecule has 160 valence electrons. The average Bonchev–Trinajstić information content (AvgIpc) is 2.94. The topological polar surface area (TPSA) is 62.3 Å². The maximum atomic E-state index is 13.6. The number of fused-ring (bicyclic) bond motifs is 1. The number of anilines is 2. The van der Waals surface area contributed by atoms with E-state index in [1.165, 1.54) is 19.1 Å². The number of carbonyl (C=O) groups is 2. The molecule has 0 unspecified atom stereocenters. The second-order valence-electron chi connectivity index (χ2n) is 8.19. The quantitative estimate of drug-likeness (QED) is 0.615. The standard InChI is InChI=1S/C26H22FN3O2/c1-16(31)30-23-7-3-2-6-21(23)29-22-13-19(17-8-10-20(27)11-9-17)14-24(32)25(22)26(30)18-5-4-12-28-15-18/h2-12,15,19,26,29H,13-14H2,1H3/t19-,26+/m1/s1. The molecule has 1 N–H and O–H groups in total. The predicted molar refractivity (Wildman–Crippen MR) is 121 cm³/mol. The van der Waals surface area contributed by atoms with Crippen LogP contribution in [0.3, 0.4) is 0 Å². The summed E-state index contributed by atoms with van der Waals surface area (Å²) in [6, 6.07) is 17.0. The number of para-hydroxylation sites is 2. The monoisotopic (exact) mass is 427 g/mol. The summed E-state index contributed by atoms with van der Waals surface area (Å²) < 4.78 is 13.4. The van der Waals surface area contributed by atoms with Crippen molar-refractivity contribution in [2.45, 2.75) is 31.7 Å². The Bertz CT molecular complexity index is 1220. The van der Waals surface area contributed by atoms with Crippen molar-refractivity contribution in [3.05, 3.63) is 101 Å². The molecule has 2 heterocycles. The van der Waals surface area contributed by atoms with Gasteiger partial charge in [-0.1, -0.05) is 30.3 Å². The van der Waals surface area contributed by atoms with Gasteiger partial charge in [0, 0.05) is 37.0 Å². The van der Waals surface area contributed by atoms with Gasteiger partial charge in [0.1, 0.15) is 5.82 Å². The van der Waals surface area contributed by atoms with Crippen LogP contribution in [0, 0.1) is 5.82 Å². The molecule has 0 saturated carbocycles. The van der Waals surface area contributed by atoms with E-state index in [2.05, 4.69) is 10.3 Å². The van der Waals surface area contributed by atoms with Crippen LogP contribution in [-0.4, -0.2) is 16.7 Å². The normalized spacial score (nSPS) is 20.2. The van der Waals surface area contributed by atoms with Crippen LogP contribution in [0.25, 0.3) is 0 Å². The number of ketones is 1. The first-order chi connectivity index (χ1) is 15.5. The lowest BCUT2D eigenvalue weighted by Crippen LogP contribution is -2.37. The van der Waals surface area contributed by atoms with Crippen molar-refractivity contribution in [1.29, 1.82) is 0 Å². The Hall–Kier alpha value is -3.80. The first-order valence-electron chi connectivity index (χ1n) is 10.6. The fourth-order valence-corrected chi connectivity index (χ4v) is 4.76. The highest BCUT2D eigenvalue weighted by Gasteiger charge is 2.40. The van der Waals surface area contributed by atoms with Crippen LogP contribution in [0.2, 0.25) is 0 Å². The Morgan fingerprint density at radius 3 is 2.53 bits per heavy atom. The Labute approximate surface area is 185 Å². The summed E-state index contributed by atoms with van der Waals surface area (Å²) in [4.78, 5) is 32.4. The maximum absolute atomic E-state index is 13.6. The van der Waals surface area contributed by atoms with Crippen molar-refractivity contribution < 1.29 is 14.0 Å². The fraction of sp³-hybridized carbons (Fsp3) is 0.192. The van der Waals surface area contributed by atoms with Crippen LogP contribution in [0.5, 0.6) is 0 Å². The predicted octanol–water partition coefficient (Wildman–Crippen LogP) is 5.14. The van der Waals surface area contributed by atoms with Crippen molar-refractivity contribution in [2.24, 2.45) is 0 Å². The molecule has 1 aliphatic heterocycles. The van der Waals surface area contributed by atoms with E-state index in [1.54, 1.807) is 29.4 Å². The van der Waals surface area contributed by atoms with Crippen LogP contribution >= 0.6 is 0 Å². The second kappa shape index (κ2) is 8.04. The second-order valence-corrected chi connectivity index (χ2v) is 8.19. The molecule has 1 aliphatic carbocycles. The number of nitrogens with zero attached hydrogens (tertiary/aromatic N) is 2. The first-order valence-corrected chi connectivity index (χ1v) is 10.6. The van der Waals surface area contributed by atoms with Crippen molar-refractivity contribution in [2.75, 3.05) is 10.2 Å². The molecule has 0 fully saturated rings. The molecule has 0 radical (unpaired) electrons. The molecular formula is C26H22FN3O2. The number of pyridine rings is 1. The number of amides is 1. The van der Waals surface area contributed by atoms with E-state index in [0.717, 1.165) is 28.2 Å². The number of carbonyl (C=O) groups excluding carboxylic acids is 2. The minimum Gasteiger partial charge on any atom is -0.357 e. The van der Waals surface area contributed by atoms with E-state index < -0.39 is 6.04 Å². The van der Waals surface area contributed by atoms with Gasteiger partial charge in [-0.25, -0.2) is 4.39 Å². The number of allylic oxidation sites excluding steroid dienone is 1. The summed E-state index contributed by atoms with van der Waals surface area (Å²) in [6.45, 7) is 1.51. The third kappa shape index (κ3) is 3.47. The molecule has 1 amide bonds. The number of hydrogen-bond acceptors (Lipinski definition) is 4. The maximum Gasteiger partial charge on any atom is 0.224 e. The van der Waals surface area contributed by atoms with Gasteiger partial charge in [0.05, 0.1) is 17.4 Å². The molecule has 5 nitrogen and oxygen atoms in total. The molecule has 5 rings (SSSR count). The minimum absolute atomic E-state index is 0.0269. The van der Waals surface area contributed by atoms with Crippen LogP contribution in [0.15, 0.2) is 84.3 Å². The number of Topliss-reactive ketones (excluding diaryl/α,β-unsaturated/α-hetero) is 1. The number of hydrogen-bond donors (Lipinski definition) is 1. The zero-order valence-electron chi connectivity index (χ0n) is 17.6. The van der Waals surface area contributed by atoms with Crippen molar-refractivity contribution in [3.63, 3.8) is 0 Å². The molecular weight excluding hydrogens is 405 g/mol. The lowest BCUT2D eigenvalue weighted by atomic mass is 9.78. The molecule has 0 spiro atoms. The van der Waals surface area contributed by atoms with Gasteiger partial charge in [-0.05, 0) is 53.8 Å². The average molecular weight is 427 g/mol. The fourth-order valence-electron chi connectivity index (χ4n) is 4.76.